The van der Waals surface area contributed by atoms with Gasteiger partial charge in [0.15, 0.2) is 0 Å². The second-order valence-electron chi connectivity index (χ2n) is 4.44. The molecule has 0 aliphatic rings. The van der Waals surface area contributed by atoms with Crippen LogP contribution in [0, 0.1) is 0 Å². The first-order valence-electron chi connectivity index (χ1n) is 4.77. The minimum absolute atomic E-state index is 0.0215. The molecule has 0 amide bonds. The molecule has 0 atom stereocenters. The topological polar surface area (TPSA) is 66.2 Å². The Hall–Kier alpha value is -1.78. The Morgan fingerprint density at radius 2 is 2.20 bits per heavy atom. The summed E-state index contributed by atoms with van der Waals surface area (Å²) in [7, 11) is 0. The summed E-state index contributed by atoms with van der Waals surface area (Å²) in [6.07, 6.45) is 3.48. The lowest BCUT2D eigenvalue weighted by molar-refractivity contribution is 0.299. The smallest absolute Gasteiger partial charge is 0.203 e. The highest BCUT2D eigenvalue weighted by molar-refractivity contribution is 5.74. The van der Waals surface area contributed by atoms with Crippen LogP contribution in [-0.4, -0.2) is 19.7 Å². The van der Waals surface area contributed by atoms with Crippen LogP contribution < -0.4 is 5.49 Å². The van der Waals surface area contributed by atoms with Crippen LogP contribution in [0.5, 0.6) is 0 Å². The molecule has 0 fully saturated rings. The van der Waals surface area contributed by atoms with Gasteiger partial charge in [-0.2, -0.15) is 0 Å². The molecular weight excluding hydrogens is 192 g/mol. The third-order valence-corrected chi connectivity index (χ3v) is 2.33. The van der Waals surface area contributed by atoms with E-state index in [-0.39, 0.29) is 5.54 Å². The van der Waals surface area contributed by atoms with Crippen LogP contribution in [0.4, 0.5) is 0 Å². The van der Waals surface area contributed by atoms with Crippen molar-refractivity contribution in [1.29, 1.82) is 0 Å². The normalized spacial score (nSPS) is 13.7. The van der Waals surface area contributed by atoms with Gasteiger partial charge in [-0.25, -0.2) is 4.98 Å². The summed E-state index contributed by atoms with van der Waals surface area (Å²) < 4.78 is 2.08. The number of nitrogens with zero attached hydrogens (tertiary/aromatic N) is 3. The molecule has 0 bridgehead atoms. The quantitative estimate of drug-likeness (QED) is 0.505. The standard InChI is InChI=1S/C10H14N4O/c1-10(2,3)14-5-4-7-8(13-15)11-6-12-9(7)14/h4-6,15H,1-3H3,(H,11,12,13). The average Bonchev–Trinajstić information content (AvgIpc) is 2.59. The minimum atomic E-state index is -0.0215. The minimum Gasteiger partial charge on any atom is -0.409 e. The highest BCUT2D eigenvalue weighted by Crippen LogP contribution is 2.19. The molecule has 5 heteroatoms. The maximum atomic E-state index is 8.79. The molecule has 15 heavy (non-hydrogen) atoms. The van der Waals surface area contributed by atoms with Gasteiger partial charge < -0.3 is 14.8 Å². The predicted molar refractivity (Wildman–Crippen MR) is 56.4 cm³/mol. The molecule has 2 aromatic heterocycles. The van der Waals surface area contributed by atoms with E-state index in [9.17, 15) is 0 Å². The second kappa shape index (κ2) is 3.12. The largest absolute Gasteiger partial charge is 0.409 e. The van der Waals surface area contributed by atoms with Crippen LogP contribution in [0.3, 0.4) is 0 Å². The first kappa shape index (κ1) is 9.76. The SMILES string of the molecule is CC(C)(C)n1ccc2/c(=N/O)nc[nH]c21. The summed E-state index contributed by atoms with van der Waals surface area (Å²) in [5.41, 5.74) is 1.23. The molecular formula is C10H14N4O. The van der Waals surface area contributed by atoms with Gasteiger partial charge in [-0.3, -0.25) is 0 Å². The van der Waals surface area contributed by atoms with Gasteiger partial charge in [0.25, 0.3) is 0 Å². The van der Waals surface area contributed by atoms with Crippen LogP contribution >= 0.6 is 0 Å². The second-order valence-corrected chi connectivity index (χ2v) is 4.44. The monoisotopic (exact) mass is 206 g/mol. The van der Waals surface area contributed by atoms with E-state index in [1.54, 1.807) is 0 Å². The number of hydrogen-bond donors (Lipinski definition) is 2. The van der Waals surface area contributed by atoms with E-state index in [1.807, 2.05) is 12.3 Å². The van der Waals surface area contributed by atoms with Crippen LogP contribution in [0.25, 0.3) is 11.0 Å². The lowest BCUT2D eigenvalue weighted by Crippen LogP contribution is -2.21. The van der Waals surface area contributed by atoms with Crippen molar-refractivity contribution in [1.82, 2.24) is 14.5 Å². The third kappa shape index (κ3) is 1.49. The summed E-state index contributed by atoms with van der Waals surface area (Å²) >= 11 is 0. The molecule has 2 heterocycles. The van der Waals surface area contributed by atoms with E-state index in [2.05, 4.69) is 40.5 Å². The van der Waals surface area contributed by atoms with Crippen molar-refractivity contribution in [2.75, 3.05) is 0 Å². The molecule has 2 N–H and O–H groups in total. The van der Waals surface area contributed by atoms with Gasteiger partial charge in [0, 0.05) is 11.7 Å². The Labute approximate surface area is 87.1 Å². The van der Waals surface area contributed by atoms with E-state index in [0.717, 1.165) is 11.0 Å². The van der Waals surface area contributed by atoms with E-state index in [0.29, 0.717) is 5.49 Å². The molecule has 0 saturated heterocycles. The van der Waals surface area contributed by atoms with Crippen molar-refractivity contribution in [2.45, 2.75) is 26.3 Å². The Morgan fingerprint density at radius 1 is 1.47 bits per heavy atom. The molecule has 0 saturated carbocycles. The van der Waals surface area contributed by atoms with Crippen LogP contribution in [0.15, 0.2) is 23.7 Å². The Bertz CT molecular complexity index is 544. The zero-order valence-electron chi connectivity index (χ0n) is 9.02. The zero-order chi connectivity index (χ0) is 11.1. The number of aromatic nitrogens is 3. The van der Waals surface area contributed by atoms with Crippen molar-refractivity contribution in [3.63, 3.8) is 0 Å². The van der Waals surface area contributed by atoms with Crippen LogP contribution in [0.1, 0.15) is 20.8 Å². The van der Waals surface area contributed by atoms with Gasteiger partial charge in [-0.15, -0.1) is 0 Å². The molecule has 80 valence electrons. The maximum absolute atomic E-state index is 8.79. The first-order valence-corrected chi connectivity index (χ1v) is 4.77. The molecule has 0 aromatic carbocycles. The van der Waals surface area contributed by atoms with Gasteiger partial charge in [0.2, 0.25) is 5.49 Å². The van der Waals surface area contributed by atoms with Gasteiger partial charge in [0.05, 0.1) is 11.7 Å². The molecule has 0 spiro atoms. The van der Waals surface area contributed by atoms with Crippen LogP contribution in [0.2, 0.25) is 0 Å². The lowest BCUT2D eigenvalue weighted by Gasteiger charge is -2.22. The van der Waals surface area contributed by atoms with Gasteiger partial charge >= 0.3 is 0 Å². The molecule has 2 aromatic rings. The molecule has 5 nitrogen and oxygen atoms in total. The summed E-state index contributed by atoms with van der Waals surface area (Å²) in [6.45, 7) is 6.32. The van der Waals surface area contributed by atoms with Gasteiger partial charge in [-0.1, -0.05) is 5.16 Å². The summed E-state index contributed by atoms with van der Waals surface area (Å²) in [5.74, 6) is 0. The van der Waals surface area contributed by atoms with Crippen molar-refractivity contribution in [2.24, 2.45) is 5.16 Å². The van der Waals surface area contributed by atoms with Crippen molar-refractivity contribution in [3.8, 4) is 0 Å². The van der Waals surface area contributed by atoms with Crippen molar-refractivity contribution >= 4 is 11.0 Å². The molecule has 2 rings (SSSR count). The number of H-pyrrole nitrogens is 1. The highest BCUT2D eigenvalue weighted by atomic mass is 16.4. The number of fused-ring (bicyclic) bond motifs is 1. The van der Waals surface area contributed by atoms with Crippen molar-refractivity contribution in [3.05, 3.63) is 24.1 Å². The third-order valence-electron chi connectivity index (χ3n) is 2.33. The lowest BCUT2D eigenvalue weighted by atomic mass is 10.1. The highest BCUT2D eigenvalue weighted by Gasteiger charge is 2.15. The first-order chi connectivity index (χ1) is 7.04. The Balaban J connectivity index is 2.84. The summed E-state index contributed by atoms with van der Waals surface area (Å²) in [6, 6.07) is 1.89. The number of rotatable bonds is 0. The fourth-order valence-electron chi connectivity index (χ4n) is 1.62. The Kier molecular flexibility index (Phi) is 2.03. The zero-order valence-corrected chi connectivity index (χ0v) is 9.02. The number of hydrogen-bond acceptors (Lipinski definition) is 3. The maximum Gasteiger partial charge on any atom is 0.203 e. The fourth-order valence-corrected chi connectivity index (χ4v) is 1.62. The number of aromatic amines is 1. The van der Waals surface area contributed by atoms with E-state index in [1.165, 1.54) is 6.33 Å². The van der Waals surface area contributed by atoms with Gasteiger partial charge in [0.1, 0.15) is 5.65 Å². The molecule has 0 unspecified atom stereocenters. The van der Waals surface area contributed by atoms with E-state index in [4.69, 9.17) is 5.21 Å². The molecule has 0 aliphatic carbocycles. The van der Waals surface area contributed by atoms with Gasteiger partial charge in [-0.05, 0) is 26.8 Å². The van der Waals surface area contributed by atoms with E-state index >= 15 is 0 Å². The Morgan fingerprint density at radius 3 is 2.80 bits per heavy atom. The van der Waals surface area contributed by atoms with Crippen molar-refractivity contribution < 1.29 is 5.21 Å². The summed E-state index contributed by atoms with van der Waals surface area (Å²) in [4.78, 5) is 7.00. The average molecular weight is 206 g/mol. The van der Waals surface area contributed by atoms with Crippen LogP contribution in [-0.2, 0) is 5.54 Å². The molecule has 0 radical (unpaired) electrons. The molecule has 0 aliphatic heterocycles. The number of nitrogens with one attached hydrogen (secondary N) is 1. The fraction of sp³-hybridized carbons (Fsp3) is 0.400. The summed E-state index contributed by atoms with van der Waals surface area (Å²) in [5, 5.41) is 12.8. The predicted octanol–water partition coefficient (Wildman–Crippen LogP) is 1.41. The van der Waals surface area contributed by atoms with E-state index < -0.39 is 0 Å².